The topological polar surface area (TPSA) is 79.2 Å². The minimum absolute atomic E-state index is 0.0529. The number of nitrogens with zero attached hydrogens (tertiary/aromatic N) is 6. The van der Waals surface area contributed by atoms with E-state index in [1.165, 1.54) is 5.56 Å². The first-order valence-corrected chi connectivity index (χ1v) is 12.2. The Morgan fingerprint density at radius 1 is 1.03 bits per heavy atom. The fourth-order valence-electron chi connectivity index (χ4n) is 4.17. The fourth-order valence-corrected chi connectivity index (χ4v) is 5.06. The van der Waals surface area contributed by atoms with Crippen LogP contribution in [0.25, 0.3) is 22.4 Å². The van der Waals surface area contributed by atoms with Crippen LogP contribution in [-0.2, 0) is 17.0 Å². The summed E-state index contributed by atoms with van der Waals surface area (Å²) in [6.45, 7) is 5.16. The molecule has 5 rings (SSSR count). The van der Waals surface area contributed by atoms with E-state index in [0.717, 1.165) is 39.9 Å². The first-order valence-electron chi connectivity index (χ1n) is 11.2. The van der Waals surface area contributed by atoms with Crippen molar-refractivity contribution in [2.24, 2.45) is 0 Å². The molecule has 0 radical (unpaired) electrons. The third-order valence-electron chi connectivity index (χ3n) is 5.77. The third-order valence-corrected chi connectivity index (χ3v) is 6.77. The highest BCUT2D eigenvalue weighted by Gasteiger charge is 2.16. The molecule has 0 unspecified atom stereocenters. The predicted octanol–water partition coefficient (Wildman–Crippen LogP) is 4.18. The number of benzene rings is 2. The molecule has 34 heavy (non-hydrogen) atoms. The molecule has 0 saturated carbocycles. The number of rotatable bonds is 8. The average molecular weight is 475 g/mol. The van der Waals surface area contributed by atoms with Crippen LogP contribution in [-0.4, -0.2) is 42.7 Å². The second-order valence-electron chi connectivity index (χ2n) is 8.23. The van der Waals surface area contributed by atoms with Crippen molar-refractivity contribution in [1.29, 1.82) is 0 Å². The largest absolute Gasteiger partial charge is 0.385 e. The summed E-state index contributed by atoms with van der Waals surface area (Å²) in [6.07, 6.45) is 0.724. The van der Waals surface area contributed by atoms with E-state index in [9.17, 15) is 4.79 Å². The molecule has 0 saturated heterocycles. The van der Waals surface area contributed by atoms with E-state index in [1.54, 1.807) is 23.4 Å². The van der Waals surface area contributed by atoms with Crippen molar-refractivity contribution in [3.8, 4) is 5.69 Å². The van der Waals surface area contributed by atoms with Crippen LogP contribution in [0.5, 0.6) is 0 Å². The van der Waals surface area contributed by atoms with Crippen LogP contribution >= 0.6 is 11.8 Å². The summed E-state index contributed by atoms with van der Waals surface area (Å²) in [5.41, 5.74) is 5.09. The zero-order valence-corrected chi connectivity index (χ0v) is 20.2. The van der Waals surface area contributed by atoms with E-state index in [4.69, 9.17) is 4.74 Å². The SMILES string of the molecule is COCCCn1c(=O)c2ccccc2n2c(SCc3ccc(-n4nc(C)cc4C)cc3)nnc12. The van der Waals surface area contributed by atoms with Crippen LogP contribution in [0.4, 0.5) is 0 Å². The normalized spacial score (nSPS) is 11.6. The number of ether oxygens (including phenoxy) is 1. The van der Waals surface area contributed by atoms with Crippen LogP contribution in [0.3, 0.4) is 0 Å². The summed E-state index contributed by atoms with van der Waals surface area (Å²) in [5.74, 6) is 1.29. The van der Waals surface area contributed by atoms with E-state index in [0.29, 0.717) is 24.3 Å². The number of methoxy groups -OCH3 is 1. The zero-order chi connectivity index (χ0) is 23.7. The van der Waals surface area contributed by atoms with Crippen molar-refractivity contribution < 1.29 is 4.74 Å². The van der Waals surface area contributed by atoms with Gasteiger partial charge in [-0.1, -0.05) is 36.0 Å². The standard InChI is InChI=1S/C25H26N6O2S/c1-17-15-18(2)31(28-17)20-11-9-19(10-12-20)16-34-25-27-26-24-29(13-6-14-33-3)23(32)21-7-4-5-8-22(21)30(24)25/h4-5,7-12,15H,6,13-14,16H2,1-3H3. The number of aromatic nitrogens is 6. The molecule has 0 aliphatic heterocycles. The highest BCUT2D eigenvalue weighted by atomic mass is 32.2. The molecule has 0 N–H and O–H groups in total. The minimum Gasteiger partial charge on any atom is -0.385 e. The second-order valence-corrected chi connectivity index (χ2v) is 9.17. The molecule has 0 bridgehead atoms. The average Bonchev–Trinajstić information content (AvgIpc) is 3.42. The molecule has 174 valence electrons. The lowest BCUT2D eigenvalue weighted by Crippen LogP contribution is -2.24. The molecule has 3 heterocycles. The third kappa shape index (κ3) is 4.12. The summed E-state index contributed by atoms with van der Waals surface area (Å²) in [7, 11) is 1.66. The first kappa shape index (κ1) is 22.4. The maximum Gasteiger partial charge on any atom is 0.262 e. The van der Waals surface area contributed by atoms with Crippen molar-refractivity contribution in [3.05, 3.63) is 81.9 Å². The van der Waals surface area contributed by atoms with Gasteiger partial charge in [-0.05, 0) is 56.2 Å². The molecule has 9 heteroatoms. The molecule has 0 amide bonds. The van der Waals surface area contributed by atoms with Crippen LogP contribution in [0.2, 0.25) is 0 Å². The Morgan fingerprint density at radius 2 is 1.82 bits per heavy atom. The molecule has 0 aliphatic carbocycles. The lowest BCUT2D eigenvalue weighted by molar-refractivity contribution is 0.190. The number of thioether (sulfide) groups is 1. The van der Waals surface area contributed by atoms with Gasteiger partial charge < -0.3 is 4.74 Å². The van der Waals surface area contributed by atoms with E-state index in [-0.39, 0.29) is 5.56 Å². The van der Waals surface area contributed by atoms with Crippen molar-refractivity contribution in [2.45, 2.75) is 37.7 Å². The minimum atomic E-state index is -0.0529. The van der Waals surface area contributed by atoms with Gasteiger partial charge in [-0.2, -0.15) is 5.10 Å². The predicted molar refractivity (Wildman–Crippen MR) is 134 cm³/mol. The van der Waals surface area contributed by atoms with Crippen molar-refractivity contribution >= 4 is 28.4 Å². The Balaban J connectivity index is 1.45. The van der Waals surface area contributed by atoms with E-state index in [2.05, 4.69) is 52.6 Å². The van der Waals surface area contributed by atoms with Crippen LogP contribution in [0.15, 0.2) is 64.5 Å². The van der Waals surface area contributed by atoms with Gasteiger partial charge >= 0.3 is 0 Å². The molecule has 0 atom stereocenters. The molecule has 0 spiro atoms. The molecular weight excluding hydrogens is 448 g/mol. The van der Waals surface area contributed by atoms with Gasteiger partial charge in [0.05, 0.1) is 22.3 Å². The smallest absolute Gasteiger partial charge is 0.262 e. The Hall–Kier alpha value is -3.43. The number of hydrogen-bond donors (Lipinski definition) is 0. The maximum atomic E-state index is 13.1. The molecule has 2 aromatic carbocycles. The molecule has 0 aliphatic rings. The highest BCUT2D eigenvalue weighted by molar-refractivity contribution is 7.98. The van der Waals surface area contributed by atoms with E-state index >= 15 is 0 Å². The molecule has 3 aromatic heterocycles. The van der Waals surface area contributed by atoms with Gasteiger partial charge in [0.15, 0.2) is 5.16 Å². The number of fused-ring (bicyclic) bond motifs is 3. The summed E-state index contributed by atoms with van der Waals surface area (Å²) >= 11 is 1.60. The van der Waals surface area contributed by atoms with E-state index < -0.39 is 0 Å². The van der Waals surface area contributed by atoms with Gasteiger partial charge in [0.1, 0.15) is 0 Å². The maximum absolute atomic E-state index is 13.1. The first-order chi connectivity index (χ1) is 16.6. The monoisotopic (exact) mass is 474 g/mol. The summed E-state index contributed by atoms with van der Waals surface area (Å²) in [6, 6.07) is 18.1. The molecular formula is C25H26N6O2S. The number of para-hydroxylation sites is 1. The Morgan fingerprint density at radius 3 is 2.56 bits per heavy atom. The van der Waals surface area contributed by atoms with Gasteiger partial charge in [-0.25, -0.2) is 4.68 Å². The van der Waals surface area contributed by atoms with Crippen molar-refractivity contribution in [3.63, 3.8) is 0 Å². The lowest BCUT2D eigenvalue weighted by Gasteiger charge is -2.11. The van der Waals surface area contributed by atoms with Gasteiger partial charge in [-0.15, -0.1) is 10.2 Å². The highest BCUT2D eigenvalue weighted by Crippen LogP contribution is 2.25. The number of aryl methyl sites for hydroxylation is 3. The van der Waals surface area contributed by atoms with Gasteiger partial charge in [0.2, 0.25) is 5.78 Å². The molecule has 8 nitrogen and oxygen atoms in total. The van der Waals surface area contributed by atoms with Crippen LogP contribution < -0.4 is 5.56 Å². The quantitative estimate of drug-likeness (QED) is 0.248. The lowest BCUT2D eigenvalue weighted by atomic mass is 10.2. The van der Waals surface area contributed by atoms with Crippen LogP contribution in [0, 0.1) is 13.8 Å². The number of hydrogen-bond acceptors (Lipinski definition) is 6. The summed E-state index contributed by atoms with van der Waals surface area (Å²) in [5, 5.41) is 14.8. The summed E-state index contributed by atoms with van der Waals surface area (Å²) < 4.78 is 10.8. The Kier molecular flexibility index (Phi) is 6.21. The second kappa shape index (κ2) is 9.44. The Labute approximate surface area is 201 Å². The van der Waals surface area contributed by atoms with Gasteiger partial charge in [0, 0.05) is 31.7 Å². The molecule has 0 fully saturated rings. The van der Waals surface area contributed by atoms with Gasteiger partial charge in [0.25, 0.3) is 5.56 Å². The molecule has 5 aromatic rings. The summed E-state index contributed by atoms with van der Waals surface area (Å²) in [4.78, 5) is 13.1. The fraction of sp³-hybridized carbons (Fsp3) is 0.280. The van der Waals surface area contributed by atoms with Gasteiger partial charge in [-0.3, -0.25) is 13.8 Å². The zero-order valence-electron chi connectivity index (χ0n) is 19.4. The van der Waals surface area contributed by atoms with Crippen LogP contribution in [0.1, 0.15) is 23.4 Å². The Bertz CT molecular complexity index is 1520. The van der Waals surface area contributed by atoms with E-state index in [1.807, 2.05) is 40.3 Å². The van der Waals surface area contributed by atoms with Crippen molar-refractivity contribution in [2.75, 3.05) is 13.7 Å². The van der Waals surface area contributed by atoms with Crippen molar-refractivity contribution in [1.82, 2.24) is 28.9 Å².